The minimum absolute atomic E-state index is 0.358. The average Bonchev–Trinajstić information content (AvgIpc) is 2.47. The SMILES string of the molecule is COC(=O)c1nc2n(c1C)C=CC(C)=NC2. The molecule has 0 unspecified atom stereocenters. The summed E-state index contributed by atoms with van der Waals surface area (Å²) in [7, 11) is 1.35. The zero-order chi connectivity index (χ0) is 11.7. The van der Waals surface area contributed by atoms with Gasteiger partial charge in [0.15, 0.2) is 5.69 Å². The number of aromatic nitrogens is 2. The van der Waals surface area contributed by atoms with E-state index in [0.29, 0.717) is 12.2 Å². The molecule has 0 aromatic carbocycles. The van der Waals surface area contributed by atoms with Crippen LogP contribution in [0.4, 0.5) is 0 Å². The van der Waals surface area contributed by atoms with E-state index >= 15 is 0 Å². The zero-order valence-corrected chi connectivity index (χ0v) is 9.52. The Morgan fingerprint density at radius 2 is 2.25 bits per heavy atom. The smallest absolute Gasteiger partial charge is 0.358 e. The van der Waals surface area contributed by atoms with Crippen molar-refractivity contribution in [3.8, 4) is 0 Å². The average molecular weight is 219 g/mol. The number of esters is 1. The molecule has 0 amide bonds. The predicted octanol–water partition coefficient (Wildman–Crippen LogP) is 1.42. The lowest BCUT2D eigenvalue weighted by Gasteiger charge is -1.99. The first kappa shape index (κ1) is 10.6. The van der Waals surface area contributed by atoms with Crippen LogP contribution in [0.3, 0.4) is 0 Å². The molecule has 5 heteroatoms. The van der Waals surface area contributed by atoms with Gasteiger partial charge in [-0.25, -0.2) is 9.78 Å². The number of carbonyl (C=O) groups is 1. The van der Waals surface area contributed by atoms with Gasteiger partial charge < -0.3 is 9.30 Å². The van der Waals surface area contributed by atoms with E-state index in [-0.39, 0.29) is 0 Å². The Bertz CT molecular complexity index is 498. The fourth-order valence-corrected chi connectivity index (χ4v) is 1.60. The molecule has 0 aliphatic carbocycles. The Hall–Kier alpha value is -1.91. The molecule has 0 fully saturated rings. The second kappa shape index (κ2) is 3.92. The van der Waals surface area contributed by atoms with Gasteiger partial charge in [-0.15, -0.1) is 0 Å². The molecule has 0 saturated heterocycles. The Balaban J connectivity index is 2.49. The van der Waals surface area contributed by atoms with Gasteiger partial charge in [-0.1, -0.05) is 0 Å². The lowest BCUT2D eigenvalue weighted by atomic mass is 10.3. The molecule has 1 aromatic rings. The summed E-state index contributed by atoms with van der Waals surface area (Å²) in [5, 5.41) is 0. The quantitative estimate of drug-likeness (QED) is 0.671. The number of hydrogen-bond donors (Lipinski definition) is 0. The molecule has 16 heavy (non-hydrogen) atoms. The third-order valence-electron chi connectivity index (χ3n) is 2.54. The summed E-state index contributed by atoms with van der Waals surface area (Å²) in [4.78, 5) is 20.0. The van der Waals surface area contributed by atoms with Crippen molar-refractivity contribution in [2.45, 2.75) is 20.4 Å². The number of carbonyl (C=O) groups excluding carboxylic acids is 1. The van der Waals surface area contributed by atoms with Crippen molar-refractivity contribution in [1.29, 1.82) is 0 Å². The molecular formula is C11H13N3O2. The number of aliphatic imine (C=N–C) groups is 1. The maximum atomic E-state index is 11.4. The van der Waals surface area contributed by atoms with Gasteiger partial charge in [0.2, 0.25) is 0 Å². The largest absolute Gasteiger partial charge is 0.464 e. The number of imidazole rings is 1. The normalized spacial score (nSPS) is 14.1. The van der Waals surface area contributed by atoms with Crippen LogP contribution in [-0.2, 0) is 11.3 Å². The molecule has 0 radical (unpaired) electrons. The minimum Gasteiger partial charge on any atom is -0.464 e. The van der Waals surface area contributed by atoms with Crippen molar-refractivity contribution in [1.82, 2.24) is 9.55 Å². The highest BCUT2D eigenvalue weighted by molar-refractivity contribution is 5.95. The molecule has 1 aromatic heterocycles. The second-order valence-electron chi connectivity index (χ2n) is 3.60. The van der Waals surface area contributed by atoms with Crippen LogP contribution >= 0.6 is 0 Å². The number of nitrogens with zero attached hydrogens (tertiary/aromatic N) is 3. The topological polar surface area (TPSA) is 56.5 Å². The van der Waals surface area contributed by atoms with Gasteiger partial charge in [-0.3, -0.25) is 4.99 Å². The fourth-order valence-electron chi connectivity index (χ4n) is 1.60. The van der Waals surface area contributed by atoms with E-state index in [2.05, 4.69) is 14.7 Å². The summed E-state index contributed by atoms with van der Waals surface area (Å²) >= 11 is 0. The lowest BCUT2D eigenvalue weighted by Crippen LogP contribution is -2.04. The maximum Gasteiger partial charge on any atom is 0.358 e. The number of rotatable bonds is 1. The number of methoxy groups -OCH3 is 1. The van der Waals surface area contributed by atoms with Gasteiger partial charge in [0, 0.05) is 11.9 Å². The molecule has 2 rings (SSSR count). The summed E-state index contributed by atoms with van der Waals surface area (Å²) in [6.45, 7) is 4.25. The van der Waals surface area contributed by atoms with E-state index in [0.717, 1.165) is 17.2 Å². The molecule has 1 aliphatic heterocycles. The lowest BCUT2D eigenvalue weighted by molar-refractivity contribution is 0.0593. The predicted molar refractivity (Wildman–Crippen MR) is 60.4 cm³/mol. The third-order valence-corrected chi connectivity index (χ3v) is 2.54. The van der Waals surface area contributed by atoms with Crippen molar-refractivity contribution in [3.05, 3.63) is 23.3 Å². The standard InChI is InChI=1S/C11H13N3O2/c1-7-4-5-14-8(2)10(11(15)16-3)13-9(14)6-12-7/h4-5H,6H2,1-3H3. The van der Waals surface area contributed by atoms with Crippen LogP contribution in [0.25, 0.3) is 6.20 Å². The molecule has 0 saturated carbocycles. The first-order valence-corrected chi connectivity index (χ1v) is 4.98. The summed E-state index contributed by atoms with van der Waals surface area (Å²) in [5.41, 5.74) is 2.09. The van der Waals surface area contributed by atoms with Crippen LogP contribution in [0.1, 0.15) is 28.9 Å². The van der Waals surface area contributed by atoms with Crippen LogP contribution in [0.2, 0.25) is 0 Å². The summed E-state index contributed by atoms with van der Waals surface area (Å²) < 4.78 is 6.54. The summed E-state index contributed by atoms with van der Waals surface area (Å²) in [6, 6.07) is 0. The van der Waals surface area contributed by atoms with E-state index in [1.54, 1.807) is 0 Å². The van der Waals surface area contributed by atoms with Crippen LogP contribution in [0.5, 0.6) is 0 Å². The van der Waals surface area contributed by atoms with E-state index in [1.807, 2.05) is 30.7 Å². The summed E-state index contributed by atoms with van der Waals surface area (Å²) in [5.74, 6) is 0.346. The maximum absolute atomic E-state index is 11.4. The van der Waals surface area contributed by atoms with Crippen molar-refractivity contribution < 1.29 is 9.53 Å². The summed E-state index contributed by atoms with van der Waals surface area (Å²) in [6.07, 6.45) is 3.77. The molecule has 0 N–H and O–H groups in total. The molecular weight excluding hydrogens is 206 g/mol. The number of hydrogen-bond acceptors (Lipinski definition) is 4. The Kier molecular flexibility index (Phi) is 2.60. The Morgan fingerprint density at radius 1 is 1.50 bits per heavy atom. The van der Waals surface area contributed by atoms with E-state index in [1.165, 1.54) is 7.11 Å². The van der Waals surface area contributed by atoms with E-state index < -0.39 is 5.97 Å². The van der Waals surface area contributed by atoms with E-state index in [4.69, 9.17) is 0 Å². The molecule has 2 heterocycles. The Labute approximate surface area is 93.5 Å². The second-order valence-corrected chi connectivity index (χ2v) is 3.60. The first-order chi connectivity index (χ1) is 7.63. The minimum atomic E-state index is -0.410. The van der Waals surface area contributed by atoms with Crippen molar-refractivity contribution >= 4 is 17.9 Å². The van der Waals surface area contributed by atoms with Crippen LogP contribution in [0.15, 0.2) is 11.1 Å². The van der Waals surface area contributed by atoms with Crippen molar-refractivity contribution in [2.75, 3.05) is 7.11 Å². The molecule has 1 aliphatic rings. The van der Waals surface area contributed by atoms with Gasteiger partial charge in [-0.2, -0.15) is 0 Å². The van der Waals surface area contributed by atoms with Gasteiger partial charge in [-0.05, 0) is 19.9 Å². The van der Waals surface area contributed by atoms with E-state index in [9.17, 15) is 4.79 Å². The first-order valence-electron chi connectivity index (χ1n) is 4.98. The van der Waals surface area contributed by atoms with Crippen LogP contribution < -0.4 is 0 Å². The number of allylic oxidation sites excluding steroid dienone is 1. The van der Waals surface area contributed by atoms with Crippen molar-refractivity contribution in [3.63, 3.8) is 0 Å². The molecule has 0 atom stereocenters. The van der Waals surface area contributed by atoms with Gasteiger partial charge in [0.05, 0.1) is 19.3 Å². The number of ether oxygens (including phenoxy) is 1. The molecule has 84 valence electrons. The van der Waals surface area contributed by atoms with Gasteiger partial charge >= 0.3 is 5.97 Å². The highest BCUT2D eigenvalue weighted by Crippen LogP contribution is 2.15. The number of fused-ring (bicyclic) bond motifs is 1. The highest BCUT2D eigenvalue weighted by Gasteiger charge is 2.19. The fraction of sp³-hybridized carbons (Fsp3) is 0.364. The monoisotopic (exact) mass is 219 g/mol. The van der Waals surface area contributed by atoms with Gasteiger partial charge in [0.1, 0.15) is 5.82 Å². The van der Waals surface area contributed by atoms with Crippen LogP contribution in [-0.4, -0.2) is 28.3 Å². The highest BCUT2D eigenvalue weighted by atomic mass is 16.5. The third kappa shape index (κ3) is 1.64. The van der Waals surface area contributed by atoms with Crippen molar-refractivity contribution in [2.24, 2.45) is 4.99 Å². The zero-order valence-electron chi connectivity index (χ0n) is 9.52. The molecule has 0 spiro atoms. The molecule has 5 nitrogen and oxygen atoms in total. The Morgan fingerprint density at radius 3 is 2.94 bits per heavy atom. The van der Waals surface area contributed by atoms with Crippen LogP contribution in [0, 0.1) is 6.92 Å². The van der Waals surface area contributed by atoms with Gasteiger partial charge in [0.25, 0.3) is 0 Å². The molecule has 0 bridgehead atoms.